The maximum Gasteiger partial charge on any atom is 0.226 e. The minimum atomic E-state index is 0.584. The van der Waals surface area contributed by atoms with Gasteiger partial charge < -0.3 is 10.3 Å². The average molecular weight is 269 g/mol. The number of aryl methyl sites for hydroxylation is 1. The molecule has 1 aromatic carbocycles. The fraction of sp³-hybridized carbons (Fsp3) is 0.286. The van der Waals surface area contributed by atoms with E-state index in [9.17, 15) is 0 Å². The standard InChI is InChI=1S/C14H15N5O/c15-6-2-1-3-13-18-14(19-20-13)10-4-5-11-12(9-10)17-8-7-16-11/h4-5,7-9H,1-3,6,15H2. The van der Waals surface area contributed by atoms with Crippen molar-refractivity contribution >= 4 is 11.0 Å². The van der Waals surface area contributed by atoms with Crippen LogP contribution in [-0.4, -0.2) is 26.7 Å². The van der Waals surface area contributed by atoms with Crippen molar-refractivity contribution in [1.29, 1.82) is 0 Å². The molecule has 0 atom stereocenters. The minimum absolute atomic E-state index is 0.584. The van der Waals surface area contributed by atoms with Gasteiger partial charge in [0.2, 0.25) is 11.7 Å². The van der Waals surface area contributed by atoms with Gasteiger partial charge in [-0.3, -0.25) is 9.97 Å². The second-order valence-electron chi connectivity index (χ2n) is 4.52. The highest BCUT2D eigenvalue weighted by Crippen LogP contribution is 2.20. The van der Waals surface area contributed by atoms with Crippen molar-refractivity contribution in [3.63, 3.8) is 0 Å². The second kappa shape index (κ2) is 5.75. The van der Waals surface area contributed by atoms with Crippen molar-refractivity contribution in [1.82, 2.24) is 20.1 Å². The van der Waals surface area contributed by atoms with Crippen molar-refractivity contribution in [3.05, 3.63) is 36.5 Å². The van der Waals surface area contributed by atoms with E-state index in [1.165, 1.54) is 0 Å². The quantitative estimate of drug-likeness (QED) is 0.712. The van der Waals surface area contributed by atoms with Crippen LogP contribution in [0.2, 0.25) is 0 Å². The molecule has 0 saturated carbocycles. The van der Waals surface area contributed by atoms with E-state index >= 15 is 0 Å². The van der Waals surface area contributed by atoms with Gasteiger partial charge in [-0.25, -0.2) is 0 Å². The highest BCUT2D eigenvalue weighted by molar-refractivity contribution is 5.79. The number of nitrogens with zero attached hydrogens (tertiary/aromatic N) is 4. The lowest BCUT2D eigenvalue weighted by Crippen LogP contribution is -1.99. The lowest BCUT2D eigenvalue weighted by molar-refractivity contribution is 0.375. The lowest BCUT2D eigenvalue weighted by atomic mass is 10.2. The van der Waals surface area contributed by atoms with Gasteiger partial charge >= 0.3 is 0 Å². The summed E-state index contributed by atoms with van der Waals surface area (Å²) in [6.07, 6.45) is 6.02. The third-order valence-electron chi connectivity index (χ3n) is 3.04. The van der Waals surface area contributed by atoms with Crippen molar-refractivity contribution < 1.29 is 4.52 Å². The van der Waals surface area contributed by atoms with Gasteiger partial charge in [0, 0.05) is 24.4 Å². The summed E-state index contributed by atoms with van der Waals surface area (Å²) in [5, 5.41) is 4.01. The van der Waals surface area contributed by atoms with Gasteiger partial charge in [-0.05, 0) is 37.6 Å². The maximum absolute atomic E-state index is 5.46. The van der Waals surface area contributed by atoms with Crippen molar-refractivity contribution in [2.45, 2.75) is 19.3 Å². The van der Waals surface area contributed by atoms with Crippen LogP contribution in [0.15, 0.2) is 35.1 Å². The smallest absolute Gasteiger partial charge is 0.226 e. The Labute approximate surface area is 116 Å². The van der Waals surface area contributed by atoms with E-state index in [4.69, 9.17) is 10.3 Å². The van der Waals surface area contributed by atoms with Crippen LogP contribution in [0.1, 0.15) is 18.7 Å². The number of hydrogen-bond acceptors (Lipinski definition) is 6. The summed E-state index contributed by atoms with van der Waals surface area (Å²) in [4.78, 5) is 12.9. The van der Waals surface area contributed by atoms with Crippen molar-refractivity contribution in [2.75, 3.05) is 6.54 Å². The molecule has 3 aromatic rings. The first-order chi connectivity index (χ1) is 9.86. The molecule has 0 saturated heterocycles. The molecule has 102 valence electrons. The molecule has 2 aromatic heterocycles. The Morgan fingerprint density at radius 1 is 1.05 bits per heavy atom. The zero-order valence-corrected chi connectivity index (χ0v) is 11.0. The Hall–Kier alpha value is -2.34. The fourth-order valence-corrected chi connectivity index (χ4v) is 2.00. The fourth-order valence-electron chi connectivity index (χ4n) is 2.00. The molecule has 0 spiro atoms. The highest BCUT2D eigenvalue weighted by Gasteiger charge is 2.09. The van der Waals surface area contributed by atoms with E-state index in [1.54, 1.807) is 12.4 Å². The molecular formula is C14H15N5O. The van der Waals surface area contributed by atoms with Gasteiger partial charge in [-0.15, -0.1) is 0 Å². The normalized spacial score (nSPS) is 11.1. The van der Waals surface area contributed by atoms with Crippen LogP contribution in [0.25, 0.3) is 22.4 Å². The molecule has 6 heteroatoms. The molecule has 2 heterocycles. The van der Waals surface area contributed by atoms with Crippen LogP contribution in [-0.2, 0) is 6.42 Å². The molecule has 20 heavy (non-hydrogen) atoms. The van der Waals surface area contributed by atoms with E-state index in [1.807, 2.05) is 18.2 Å². The predicted molar refractivity (Wildman–Crippen MR) is 74.8 cm³/mol. The van der Waals surface area contributed by atoms with Gasteiger partial charge in [-0.2, -0.15) is 4.98 Å². The zero-order valence-electron chi connectivity index (χ0n) is 11.0. The molecule has 0 aliphatic rings. The van der Waals surface area contributed by atoms with Gasteiger partial charge in [0.25, 0.3) is 0 Å². The molecule has 0 aliphatic heterocycles. The number of aromatic nitrogens is 4. The maximum atomic E-state index is 5.46. The third-order valence-corrected chi connectivity index (χ3v) is 3.04. The van der Waals surface area contributed by atoms with Crippen molar-refractivity contribution in [2.24, 2.45) is 5.73 Å². The number of unbranched alkanes of at least 4 members (excludes halogenated alkanes) is 1. The predicted octanol–water partition coefficient (Wildman–Crippen LogP) is 1.96. The van der Waals surface area contributed by atoms with Crippen LogP contribution in [0.4, 0.5) is 0 Å². The Balaban J connectivity index is 1.83. The molecule has 0 fully saturated rings. The molecule has 2 N–H and O–H groups in total. The molecule has 0 radical (unpaired) electrons. The molecule has 0 amide bonds. The first-order valence-electron chi connectivity index (χ1n) is 6.60. The first kappa shape index (κ1) is 12.7. The lowest BCUT2D eigenvalue weighted by Gasteiger charge is -1.97. The number of rotatable bonds is 5. The first-order valence-corrected chi connectivity index (χ1v) is 6.60. The largest absolute Gasteiger partial charge is 0.339 e. The highest BCUT2D eigenvalue weighted by atomic mass is 16.5. The van der Waals surface area contributed by atoms with Crippen LogP contribution < -0.4 is 5.73 Å². The zero-order chi connectivity index (χ0) is 13.8. The summed E-state index contributed by atoms with van der Waals surface area (Å²) in [6, 6.07) is 5.74. The molecule has 0 unspecified atom stereocenters. The van der Waals surface area contributed by atoms with Crippen LogP contribution in [0, 0.1) is 0 Å². The Bertz CT molecular complexity index is 709. The van der Waals surface area contributed by atoms with Gasteiger partial charge in [0.15, 0.2) is 0 Å². The van der Waals surface area contributed by atoms with E-state index in [0.717, 1.165) is 35.9 Å². The van der Waals surface area contributed by atoms with Gasteiger partial charge in [0.1, 0.15) is 0 Å². The topological polar surface area (TPSA) is 90.7 Å². The van der Waals surface area contributed by atoms with Crippen LogP contribution in [0.3, 0.4) is 0 Å². The second-order valence-corrected chi connectivity index (χ2v) is 4.52. The number of benzene rings is 1. The van der Waals surface area contributed by atoms with E-state index < -0.39 is 0 Å². The third kappa shape index (κ3) is 2.65. The molecule has 0 bridgehead atoms. The number of fused-ring (bicyclic) bond motifs is 1. The summed E-state index contributed by atoms with van der Waals surface area (Å²) >= 11 is 0. The summed E-state index contributed by atoms with van der Waals surface area (Å²) in [5.74, 6) is 1.23. The van der Waals surface area contributed by atoms with E-state index in [-0.39, 0.29) is 0 Å². The monoisotopic (exact) mass is 269 g/mol. The summed E-state index contributed by atoms with van der Waals surface area (Å²) < 4.78 is 5.24. The summed E-state index contributed by atoms with van der Waals surface area (Å²) in [5.41, 5.74) is 8.01. The van der Waals surface area contributed by atoms with Crippen LogP contribution >= 0.6 is 0 Å². The average Bonchev–Trinajstić information content (AvgIpc) is 2.96. The Morgan fingerprint density at radius 3 is 2.75 bits per heavy atom. The molecule has 0 aliphatic carbocycles. The minimum Gasteiger partial charge on any atom is -0.339 e. The molecular weight excluding hydrogens is 254 g/mol. The van der Waals surface area contributed by atoms with E-state index in [0.29, 0.717) is 18.3 Å². The van der Waals surface area contributed by atoms with Gasteiger partial charge in [-0.1, -0.05) is 5.16 Å². The van der Waals surface area contributed by atoms with Crippen molar-refractivity contribution in [3.8, 4) is 11.4 Å². The number of hydrogen-bond donors (Lipinski definition) is 1. The van der Waals surface area contributed by atoms with Gasteiger partial charge in [0.05, 0.1) is 11.0 Å². The Kier molecular flexibility index (Phi) is 3.64. The summed E-state index contributed by atoms with van der Waals surface area (Å²) in [7, 11) is 0. The number of nitrogens with two attached hydrogens (primary N) is 1. The van der Waals surface area contributed by atoms with E-state index in [2.05, 4.69) is 20.1 Å². The Morgan fingerprint density at radius 2 is 1.90 bits per heavy atom. The molecule has 6 nitrogen and oxygen atoms in total. The summed E-state index contributed by atoms with van der Waals surface area (Å²) in [6.45, 7) is 0.685. The SMILES string of the molecule is NCCCCc1nc(-c2ccc3nccnc3c2)no1. The van der Waals surface area contributed by atoms with Crippen LogP contribution in [0.5, 0.6) is 0 Å². The molecule has 3 rings (SSSR count).